The van der Waals surface area contributed by atoms with Crippen molar-refractivity contribution in [2.45, 2.75) is 26.3 Å². The van der Waals surface area contributed by atoms with Crippen LogP contribution in [0.3, 0.4) is 0 Å². The predicted molar refractivity (Wildman–Crippen MR) is 70.9 cm³/mol. The Labute approximate surface area is 108 Å². The van der Waals surface area contributed by atoms with Crippen molar-refractivity contribution < 1.29 is 14.3 Å². The summed E-state index contributed by atoms with van der Waals surface area (Å²) in [7, 11) is 3.08. The first-order valence-electron chi connectivity index (χ1n) is 5.90. The number of methoxy groups -OCH3 is 1. The SMILES string of the molecule is CNC(C)(COc1ccc(C)cc1C)C(=O)OC. The molecule has 1 N–H and O–H groups in total. The highest BCUT2D eigenvalue weighted by atomic mass is 16.5. The number of likely N-dealkylation sites (N-methyl/N-ethyl adjacent to an activating group) is 1. The van der Waals surface area contributed by atoms with E-state index in [1.807, 2.05) is 32.0 Å². The number of aryl methyl sites for hydroxylation is 2. The van der Waals surface area contributed by atoms with Gasteiger partial charge in [0.2, 0.25) is 0 Å². The second kappa shape index (κ2) is 5.87. The maximum Gasteiger partial charge on any atom is 0.329 e. The molecule has 100 valence electrons. The lowest BCUT2D eigenvalue weighted by molar-refractivity contribution is -0.148. The molecule has 0 saturated carbocycles. The summed E-state index contributed by atoms with van der Waals surface area (Å²) in [6.07, 6.45) is 0. The molecule has 18 heavy (non-hydrogen) atoms. The molecule has 0 aromatic heterocycles. The summed E-state index contributed by atoms with van der Waals surface area (Å²) in [6.45, 7) is 5.99. The van der Waals surface area contributed by atoms with Gasteiger partial charge in [-0.15, -0.1) is 0 Å². The van der Waals surface area contributed by atoms with Crippen molar-refractivity contribution >= 4 is 5.97 Å². The fraction of sp³-hybridized carbons (Fsp3) is 0.500. The molecule has 0 aliphatic rings. The maximum absolute atomic E-state index is 11.7. The topological polar surface area (TPSA) is 47.6 Å². The third-order valence-corrected chi connectivity index (χ3v) is 3.03. The smallest absolute Gasteiger partial charge is 0.329 e. The Balaban J connectivity index is 2.77. The van der Waals surface area contributed by atoms with Crippen LogP contribution in [0.15, 0.2) is 18.2 Å². The number of ether oxygens (including phenoxy) is 2. The quantitative estimate of drug-likeness (QED) is 0.811. The van der Waals surface area contributed by atoms with E-state index < -0.39 is 5.54 Å². The van der Waals surface area contributed by atoms with Crippen LogP contribution in [0.25, 0.3) is 0 Å². The number of esters is 1. The standard InChI is InChI=1S/C14H21NO3/c1-10-6-7-12(11(2)8-10)18-9-14(3,15-4)13(16)17-5/h6-8,15H,9H2,1-5H3. The summed E-state index contributed by atoms with van der Waals surface area (Å²) in [5, 5.41) is 2.93. The molecule has 0 spiro atoms. The van der Waals surface area contributed by atoms with Gasteiger partial charge < -0.3 is 14.8 Å². The third-order valence-electron chi connectivity index (χ3n) is 3.03. The first-order valence-corrected chi connectivity index (χ1v) is 5.90. The van der Waals surface area contributed by atoms with Crippen LogP contribution >= 0.6 is 0 Å². The molecule has 1 aromatic carbocycles. The number of hydrogen-bond acceptors (Lipinski definition) is 4. The predicted octanol–water partition coefficient (Wildman–Crippen LogP) is 1.83. The average Bonchev–Trinajstić information content (AvgIpc) is 2.36. The van der Waals surface area contributed by atoms with Crippen LogP contribution in [0.4, 0.5) is 0 Å². The van der Waals surface area contributed by atoms with Gasteiger partial charge in [0.15, 0.2) is 0 Å². The Kier molecular flexibility index (Phi) is 4.73. The van der Waals surface area contributed by atoms with Gasteiger partial charge in [-0.2, -0.15) is 0 Å². The lowest BCUT2D eigenvalue weighted by Gasteiger charge is -2.26. The van der Waals surface area contributed by atoms with Crippen LogP contribution in [-0.2, 0) is 9.53 Å². The minimum Gasteiger partial charge on any atom is -0.491 e. The van der Waals surface area contributed by atoms with E-state index in [1.165, 1.54) is 12.7 Å². The van der Waals surface area contributed by atoms with E-state index in [1.54, 1.807) is 14.0 Å². The van der Waals surface area contributed by atoms with Gasteiger partial charge >= 0.3 is 5.97 Å². The van der Waals surface area contributed by atoms with E-state index >= 15 is 0 Å². The number of rotatable bonds is 5. The Bertz CT molecular complexity index is 431. The number of carbonyl (C=O) groups is 1. The van der Waals surface area contributed by atoms with Crippen molar-refractivity contribution in [1.29, 1.82) is 0 Å². The number of carbonyl (C=O) groups excluding carboxylic acids is 1. The largest absolute Gasteiger partial charge is 0.491 e. The highest BCUT2D eigenvalue weighted by Crippen LogP contribution is 2.20. The monoisotopic (exact) mass is 251 g/mol. The van der Waals surface area contributed by atoms with E-state index in [0.29, 0.717) is 0 Å². The van der Waals surface area contributed by atoms with Gasteiger partial charge in [-0.25, -0.2) is 4.79 Å². The van der Waals surface area contributed by atoms with Crippen LogP contribution in [-0.4, -0.2) is 32.3 Å². The van der Waals surface area contributed by atoms with Crippen molar-refractivity contribution in [2.75, 3.05) is 20.8 Å². The average molecular weight is 251 g/mol. The highest BCUT2D eigenvalue weighted by Gasteiger charge is 2.33. The van der Waals surface area contributed by atoms with Crippen molar-refractivity contribution in [2.24, 2.45) is 0 Å². The summed E-state index contributed by atoms with van der Waals surface area (Å²) < 4.78 is 10.5. The Morgan fingerprint density at radius 3 is 2.56 bits per heavy atom. The molecule has 4 heteroatoms. The summed E-state index contributed by atoms with van der Waals surface area (Å²) in [6, 6.07) is 5.94. The Morgan fingerprint density at radius 1 is 1.39 bits per heavy atom. The van der Waals surface area contributed by atoms with Gasteiger partial charge in [0.1, 0.15) is 17.9 Å². The van der Waals surface area contributed by atoms with E-state index in [9.17, 15) is 4.79 Å². The van der Waals surface area contributed by atoms with Gasteiger partial charge in [0, 0.05) is 0 Å². The molecule has 0 aliphatic carbocycles. The molecule has 0 amide bonds. The van der Waals surface area contributed by atoms with Crippen molar-refractivity contribution in [3.05, 3.63) is 29.3 Å². The molecule has 0 fully saturated rings. The van der Waals surface area contributed by atoms with Gasteiger partial charge in [-0.1, -0.05) is 17.7 Å². The van der Waals surface area contributed by atoms with Crippen LogP contribution in [0.1, 0.15) is 18.1 Å². The molecule has 0 saturated heterocycles. The Hall–Kier alpha value is -1.55. The van der Waals surface area contributed by atoms with E-state index in [4.69, 9.17) is 9.47 Å². The number of benzene rings is 1. The van der Waals surface area contributed by atoms with Crippen LogP contribution < -0.4 is 10.1 Å². The molecular formula is C14H21NO3. The molecular weight excluding hydrogens is 230 g/mol. The zero-order valence-corrected chi connectivity index (χ0v) is 11.7. The molecule has 1 atom stereocenters. The second-order valence-electron chi connectivity index (χ2n) is 4.63. The van der Waals surface area contributed by atoms with Crippen molar-refractivity contribution in [1.82, 2.24) is 5.32 Å². The summed E-state index contributed by atoms with van der Waals surface area (Å²) in [5.41, 5.74) is 1.40. The van der Waals surface area contributed by atoms with Crippen molar-refractivity contribution in [3.8, 4) is 5.75 Å². The second-order valence-corrected chi connectivity index (χ2v) is 4.63. The fourth-order valence-corrected chi connectivity index (χ4v) is 1.64. The molecule has 4 nitrogen and oxygen atoms in total. The first kappa shape index (κ1) is 14.5. The molecule has 0 radical (unpaired) electrons. The molecule has 1 rings (SSSR count). The Morgan fingerprint density at radius 2 is 2.06 bits per heavy atom. The minimum absolute atomic E-state index is 0.222. The zero-order chi connectivity index (χ0) is 13.8. The molecule has 1 aromatic rings. The third kappa shape index (κ3) is 3.23. The minimum atomic E-state index is -0.841. The molecule has 0 heterocycles. The highest BCUT2D eigenvalue weighted by molar-refractivity contribution is 5.80. The van der Waals surface area contributed by atoms with Gasteiger partial charge in [0.05, 0.1) is 7.11 Å². The van der Waals surface area contributed by atoms with Gasteiger partial charge in [-0.05, 0) is 39.4 Å². The van der Waals surface area contributed by atoms with Crippen molar-refractivity contribution in [3.63, 3.8) is 0 Å². The number of hydrogen-bond donors (Lipinski definition) is 1. The lowest BCUT2D eigenvalue weighted by atomic mass is 10.0. The van der Waals surface area contributed by atoms with Gasteiger partial charge in [-0.3, -0.25) is 0 Å². The fourth-order valence-electron chi connectivity index (χ4n) is 1.64. The van der Waals surface area contributed by atoms with E-state index in [0.717, 1.165) is 11.3 Å². The lowest BCUT2D eigenvalue weighted by Crippen LogP contribution is -2.52. The van der Waals surface area contributed by atoms with E-state index in [-0.39, 0.29) is 12.6 Å². The molecule has 1 unspecified atom stereocenters. The van der Waals surface area contributed by atoms with Crippen LogP contribution in [0, 0.1) is 13.8 Å². The number of nitrogens with one attached hydrogen (secondary N) is 1. The van der Waals surface area contributed by atoms with Crippen LogP contribution in [0.5, 0.6) is 5.75 Å². The zero-order valence-electron chi connectivity index (χ0n) is 11.7. The maximum atomic E-state index is 11.7. The first-order chi connectivity index (χ1) is 8.42. The summed E-state index contributed by atoms with van der Waals surface area (Å²) >= 11 is 0. The summed E-state index contributed by atoms with van der Waals surface area (Å²) in [5.74, 6) is 0.445. The molecule has 0 aliphatic heterocycles. The normalized spacial score (nSPS) is 13.8. The van der Waals surface area contributed by atoms with Crippen LogP contribution in [0.2, 0.25) is 0 Å². The molecule has 0 bridgehead atoms. The van der Waals surface area contributed by atoms with E-state index in [2.05, 4.69) is 5.32 Å². The van der Waals surface area contributed by atoms with Gasteiger partial charge in [0.25, 0.3) is 0 Å². The summed E-state index contributed by atoms with van der Waals surface area (Å²) in [4.78, 5) is 11.7.